The normalized spacial score (nSPS) is 20.0. The number of guanidine groups is 1. The Kier molecular flexibility index (Phi) is 28.0. The molecule has 0 amide bonds. The Morgan fingerprint density at radius 1 is 0.482 bits per heavy atom. The number of isothiocyanates is 1. The molecule has 6 aliphatic carbocycles. The van der Waals surface area contributed by atoms with Crippen molar-refractivity contribution in [1.29, 1.82) is 10.5 Å². The van der Waals surface area contributed by atoms with Gasteiger partial charge in [0.05, 0.1) is 45.7 Å². The molecule has 0 saturated heterocycles. The second-order valence-electron chi connectivity index (χ2n) is 28.7. The number of thiocarbonyl (C=S) groups is 2. The fourth-order valence-electron chi connectivity index (χ4n) is 14.8. The standard InChI is InChI=1S/C26H32F3N9.C26H31N9S.C18H27N7.C8H4N2S/c27-26(28,29)17-6-3-7-20(14-17)33-24(30)32-18-8-10-19(11-9-18)34-25-31-13-12-22(36-25)35-23-15-21(37-38-23)16-4-1-2-5-16;27-16-17-4-3-7-21(14-17)31-26(36)30-20-10-8-19(9-11-20)29-25-28-13-12-23(33-25)32-24-15-22(34-35-24)18-5-1-2-6-18;19-13-5-7-14(8-6-13)21-18-20-10-9-16(23-18)22-17-11-15(24-25-17)12-3-1-2-4-12;9-5-7-2-1-3-8(4-7)10-6-11/h3,6-7,12-16,18-19H,1-2,4-5,8-11H2,(H3,30,32,33)(H3,31,34,35,36,37,38);3-4,7,12-15,18-20H,1-2,5-6,8-11H2,(H2,30,31,36)(H3,28,29,32,33,34,35);9-14H,1-8,19H2,(H3,20,21,22,23,24,25);1-4H. The molecule has 9 aromatic rings. The third kappa shape index (κ3) is 24.2. The van der Waals surface area contributed by atoms with Crippen molar-refractivity contribution in [3.05, 3.63) is 162 Å². The number of nitrogens with one attached hydrogen (secondary N) is 12. The molecule has 6 aromatic heterocycles. The molecular formula is C78H94F3N27S2. The number of alkyl halides is 3. The molecule has 574 valence electrons. The number of aromatic amines is 3. The number of H-pyrrole nitrogens is 3. The summed E-state index contributed by atoms with van der Waals surface area (Å²) in [5.41, 5.74) is 17.7. The van der Waals surface area contributed by atoms with E-state index < -0.39 is 11.7 Å². The molecule has 0 aliphatic heterocycles. The molecule has 3 aromatic carbocycles. The minimum atomic E-state index is -4.41. The molecule has 16 N–H and O–H groups in total. The zero-order valence-electron chi connectivity index (χ0n) is 61.2. The molecule has 6 heterocycles. The maximum atomic E-state index is 12.9. The molecule has 6 aliphatic rings. The average molecular weight is 1530 g/mol. The van der Waals surface area contributed by atoms with Gasteiger partial charge in [0.1, 0.15) is 17.5 Å². The van der Waals surface area contributed by atoms with Gasteiger partial charge in [-0.1, -0.05) is 56.7 Å². The number of aliphatic imine (C=N–C) groups is 2. The minimum absolute atomic E-state index is 0.00556. The van der Waals surface area contributed by atoms with E-state index in [1.807, 2.05) is 30.3 Å². The first-order valence-corrected chi connectivity index (χ1v) is 38.9. The van der Waals surface area contributed by atoms with Crippen molar-refractivity contribution in [2.75, 3.05) is 42.5 Å². The largest absolute Gasteiger partial charge is 0.416 e. The topological polar surface area (TPSA) is 396 Å². The third-order valence-electron chi connectivity index (χ3n) is 20.6. The van der Waals surface area contributed by atoms with Gasteiger partial charge in [-0.05, 0) is 213 Å². The van der Waals surface area contributed by atoms with Crippen molar-refractivity contribution >= 4 is 110 Å². The summed E-state index contributed by atoms with van der Waals surface area (Å²) < 4.78 is 38.8. The molecule has 110 heavy (non-hydrogen) atoms. The van der Waals surface area contributed by atoms with Crippen molar-refractivity contribution in [1.82, 2.24) is 65.8 Å². The van der Waals surface area contributed by atoms with Crippen LogP contribution in [-0.2, 0) is 6.18 Å². The van der Waals surface area contributed by atoms with Crippen molar-refractivity contribution in [3.63, 3.8) is 0 Å². The number of nitriles is 2. The summed E-state index contributed by atoms with van der Waals surface area (Å²) in [7, 11) is 0. The molecule has 0 unspecified atom stereocenters. The van der Waals surface area contributed by atoms with E-state index in [0.717, 1.165) is 124 Å². The lowest BCUT2D eigenvalue weighted by molar-refractivity contribution is -0.137. The Hall–Kier alpha value is -11.2. The highest BCUT2D eigenvalue weighted by atomic mass is 32.1. The number of rotatable bonds is 20. The number of benzene rings is 3. The number of aromatic nitrogens is 12. The van der Waals surface area contributed by atoms with Crippen LogP contribution in [-0.4, -0.2) is 113 Å². The summed E-state index contributed by atoms with van der Waals surface area (Å²) in [5, 5.41) is 72.5. The summed E-state index contributed by atoms with van der Waals surface area (Å²) in [6.45, 7) is 0. The zero-order valence-corrected chi connectivity index (χ0v) is 62.8. The Balaban J connectivity index is 0.000000146. The summed E-state index contributed by atoms with van der Waals surface area (Å²) in [6, 6.07) is 36.6. The Labute approximate surface area is 648 Å². The molecule has 15 rings (SSSR count). The first-order valence-electron chi connectivity index (χ1n) is 38.0. The predicted octanol–water partition coefficient (Wildman–Crippen LogP) is 16.5. The van der Waals surface area contributed by atoms with E-state index in [4.69, 9.17) is 34.2 Å². The quantitative estimate of drug-likeness (QED) is 0.0191. The second-order valence-corrected chi connectivity index (χ2v) is 29.3. The molecule has 0 atom stereocenters. The number of nitrogens with zero attached hydrogens (tertiary/aromatic N) is 13. The van der Waals surface area contributed by atoms with E-state index in [1.165, 1.54) is 106 Å². The van der Waals surface area contributed by atoms with Crippen molar-refractivity contribution < 1.29 is 13.2 Å². The van der Waals surface area contributed by atoms with Crippen LogP contribution in [0.1, 0.15) is 206 Å². The first kappa shape index (κ1) is 78.4. The molecule has 6 fully saturated rings. The van der Waals surface area contributed by atoms with Crippen molar-refractivity contribution in [3.8, 4) is 12.1 Å². The summed E-state index contributed by atoms with van der Waals surface area (Å²) >= 11 is 9.89. The third-order valence-corrected chi connectivity index (χ3v) is 20.9. The van der Waals surface area contributed by atoms with Gasteiger partial charge in [-0.25, -0.2) is 19.9 Å². The van der Waals surface area contributed by atoms with E-state index in [0.29, 0.717) is 87.5 Å². The Morgan fingerprint density at radius 2 is 0.891 bits per heavy atom. The van der Waals surface area contributed by atoms with Crippen LogP contribution in [0.2, 0.25) is 0 Å². The molecular weight excluding hydrogens is 1440 g/mol. The first-order chi connectivity index (χ1) is 53.6. The Morgan fingerprint density at radius 3 is 1.34 bits per heavy atom. The fraction of sp³-hybridized carbons (Fsp3) is 0.436. The maximum absolute atomic E-state index is 12.9. The second kappa shape index (κ2) is 39.3. The minimum Gasteiger partial charge on any atom is -0.370 e. The average Bonchev–Trinajstić information content (AvgIpc) is 1.67. The number of hydrogen-bond acceptors (Lipinski definition) is 22. The molecule has 27 nitrogen and oxygen atoms in total. The van der Waals surface area contributed by atoms with E-state index >= 15 is 0 Å². The van der Waals surface area contributed by atoms with Crippen molar-refractivity contribution in [2.24, 2.45) is 21.5 Å². The van der Waals surface area contributed by atoms with Crippen LogP contribution in [0, 0.1) is 22.7 Å². The SMILES string of the molecule is N#Cc1cccc(N=C=S)c1.N#Cc1cccc(NC(=S)NC2CCC(Nc3nccc(Nc4cc(C5CCCC5)[nH]n4)n3)CC2)c1.NC(=NC1CCC(Nc2nccc(Nc3cc(C4CCCC4)[nH]n3)n2)CC1)Nc1cccc(C(F)(F)F)c1.NC1CCC(Nc2nccc(Nc3cc(C4CCCC4)[nH]n3)n2)CC1. The van der Waals surface area contributed by atoms with Crippen LogP contribution >= 0.6 is 24.4 Å². The summed E-state index contributed by atoms with van der Waals surface area (Å²) in [4.78, 5) is 35.1. The molecule has 6 saturated carbocycles. The van der Waals surface area contributed by atoms with Crippen LogP contribution in [0.4, 0.5) is 83.0 Å². The van der Waals surface area contributed by atoms with Gasteiger partial charge < -0.3 is 59.3 Å². The number of hydrogen-bond donors (Lipinski definition) is 14. The van der Waals surface area contributed by atoms with Gasteiger partial charge in [0, 0.05) is 113 Å². The van der Waals surface area contributed by atoms with Gasteiger partial charge in [-0.2, -0.15) is 58.9 Å². The summed E-state index contributed by atoms with van der Waals surface area (Å²) in [6.07, 6.45) is 27.5. The molecule has 32 heteroatoms. The van der Waals surface area contributed by atoms with Crippen LogP contribution in [0.3, 0.4) is 0 Å². The highest BCUT2D eigenvalue weighted by molar-refractivity contribution is 7.80. The van der Waals surface area contributed by atoms with Crippen LogP contribution in [0.25, 0.3) is 0 Å². The van der Waals surface area contributed by atoms with E-state index in [9.17, 15) is 13.2 Å². The fourth-order valence-corrected chi connectivity index (χ4v) is 15.2. The highest BCUT2D eigenvalue weighted by Crippen LogP contribution is 2.38. The van der Waals surface area contributed by atoms with Crippen LogP contribution in [0.5, 0.6) is 0 Å². The van der Waals surface area contributed by atoms with Gasteiger partial charge in [-0.3, -0.25) is 15.3 Å². The van der Waals surface area contributed by atoms with Gasteiger partial charge >= 0.3 is 6.18 Å². The van der Waals surface area contributed by atoms with E-state index in [1.54, 1.807) is 61.1 Å². The maximum Gasteiger partial charge on any atom is 0.416 e. The van der Waals surface area contributed by atoms with Crippen molar-refractivity contribution in [2.45, 2.75) is 214 Å². The highest BCUT2D eigenvalue weighted by Gasteiger charge is 2.31. The summed E-state index contributed by atoms with van der Waals surface area (Å²) in [5.74, 6) is 8.22. The zero-order chi connectivity index (χ0) is 76.4. The number of halogens is 3. The smallest absolute Gasteiger partial charge is 0.370 e. The van der Waals surface area contributed by atoms with Crippen LogP contribution < -0.4 is 59.3 Å². The Bertz CT molecular complexity index is 4590. The molecule has 0 spiro atoms. The van der Waals surface area contributed by atoms with Gasteiger partial charge in [0.15, 0.2) is 28.5 Å². The molecule has 0 bridgehead atoms. The number of anilines is 11. The van der Waals surface area contributed by atoms with Gasteiger partial charge in [0.25, 0.3) is 0 Å². The lowest BCUT2D eigenvalue weighted by Gasteiger charge is -2.30. The van der Waals surface area contributed by atoms with Gasteiger partial charge in [0.2, 0.25) is 17.8 Å². The van der Waals surface area contributed by atoms with Gasteiger partial charge in [-0.15, -0.1) is 0 Å². The predicted molar refractivity (Wildman–Crippen MR) is 432 cm³/mol. The lowest BCUT2D eigenvalue weighted by atomic mass is 9.91. The number of nitrogens with two attached hydrogens (primary N) is 2. The van der Waals surface area contributed by atoms with E-state index in [-0.39, 0.29) is 23.7 Å². The van der Waals surface area contributed by atoms with Crippen LogP contribution in [0.15, 0.2) is 138 Å². The molecule has 0 radical (unpaired) electrons. The van der Waals surface area contributed by atoms with E-state index in [2.05, 4.69) is 160 Å². The lowest BCUT2D eigenvalue weighted by Crippen LogP contribution is -2.42. The monoisotopic (exact) mass is 1530 g/mol.